The van der Waals surface area contributed by atoms with Crippen molar-refractivity contribution in [3.05, 3.63) is 136 Å². The molecule has 4 aromatic rings. The van der Waals surface area contributed by atoms with Crippen molar-refractivity contribution in [2.24, 2.45) is 0 Å². The molecular weight excluding hydrogens is 580 g/mol. The Hall–Kier alpha value is -4.13. The van der Waals surface area contributed by atoms with E-state index in [1.54, 1.807) is 0 Å². The largest absolute Gasteiger partial charge is 0.367 e. The van der Waals surface area contributed by atoms with Gasteiger partial charge in [0, 0.05) is 63.6 Å². The number of amides is 2. The Morgan fingerprint density at radius 1 is 0.756 bits per heavy atom. The summed E-state index contributed by atoms with van der Waals surface area (Å²) >= 11 is 6.18. The van der Waals surface area contributed by atoms with Crippen molar-refractivity contribution in [3.8, 4) is 0 Å². The molecule has 2 aliphatic heterocycles. The van der Waals surface area contributed by atoms with E-state index in [1.165, 1.54) is 16.7 Å². The van der Waals surface area contributed by atoms with E-state index in [0.717, 1.165) is 37.2 Å². The highest BCUT2D eigenvalue weighted by molar-refractivity contribution is 6.30. The van der Waals surface area contributed by atoms with E-state index in [2.05, 4.69) is 46.2 Å². The maximum atomic E-state index is 14.3. The average molecular weight is 621 g/mol. The van der Waals surface area contributed by atoms with E-state index < -0.39 is 0 Å². The van der Waals surface area contributed by atoms with Crippen LogP contribution in [0.1, 0.15) is 32.6 Å². The number of hydrogen-bond acceptors (Lipinski definition) is 4. The molecule has 2 amide bonds. The summed E-state index contributed by atoms with van der Waals surface area (Å²) in [6.07, 6.45) is 2.40. The maximum absolute atomic E-state index is 14.3. The Labute approximate surface area is 271 Å². The summed E-state index contributed by atoms with van der Waals surface area (Å²) in [7, 11) is 1.87. The molecule has 0 spiro atoms. The highest BCUT2D eigenvalue weighted by Crippen LogP contribution is 2.26. The zero-order chi connectivity index (χ0) is 31.2. The molecule has 1 atom stereocenters. The average Bonchev–Trinajstić information content (AvgIpc) is 3.10. The van der Waals surface area contributed by atoms with Gasteiger partial charge in [0.2, 0.25) is 5.91 Å². The number of anilines is 1. The smallest absolute Gasteiger partial charge is 0.255 e. The molecule has 0 unspecified atom stereocenters. The third-order valence-electron chi connectivity index (χ3n) is 9.22. The first-order valence-corrected chi connectivity index (χ1v) is 16.3. The molecule has 45 heavy (non-hydrogen) atoms. The lowest BCUT2D eigenvalue weighted by Crippen LogP contribution is -2.56. The summed E-state index contributed by atoms with van der Waals surface area (Å²) in [6.45, 7) is 4.87. The molecule has 0 aromatic heterocycles. The summed E-state index contributed by atoms with van der Waals surface area (Å²) < 4.78 is 0. The number of nitrogens with zero attached hydrogens (tertiary/aromatic N) is 4. The highest BCUT2D eigenvalue weighted by atomic mass is 35.5. The Bertz CT molecular complexity index is 1600. The summed E-state index contributed by atoms with van der Waals surface area (Å²) in [6, 6.07) is 34.3. The van der Waals surface area contributed by atoms with Gasteiger partial charge in [-0.15, -0.1) is 0 Å². The van der Waals surface area contributed by atoms with Crippen LogP contribution in [0.25, 0.3) is 0 Å². The first kappa shape index (κ1) is 30.9. The molecule has 1 saturated heterocycles. The summed E-state index contributed by atoms with van der Waals surface area (Å²) in [5, 5.41) is 0.700. The number of rotatable bonds is 9. The standard InChI is InChI=1S/C38H41ClN4O2/c1-40(21-19-29-9-3-2-4-10-29)37(44)34-13-7-8-14-35(34)41-23-25-42(26-24-41)38(45)36(27-30-15-17-33(39)18-16-30)43-22-20-31-11-5-6-12-32(31)28-43/h2-18,36H,19-28H2,1H3/t36-/m1/s1. The van der Waals surface area contributed by atoms with Crippen LogP contribution in [0.15, 0.2) is 103 Å². The quantitative estimate of drug-likeness (QED) is 0.231. The first-order valence-electron chi connectivity index (χ1n) is 15.9. The highest BCUT2D eigenvalue weighted by Gasteiger charge is 2.34. The number of fused-ring (bicyclic) bond motifs is 1. The van der Waals surface area contributed by atoms with Crippen LogP contribution in [0.5, 0.6) is 0 Å². The van der Waals surface area contributed by atoms with Crippen molar-refractivity contribution < 1.29 is 9.59 Å². The second-order valence-corrected chi connectivity index (χ2v) is 12.6. The lowest BCUT2D eigenvalue weighted by Gasteiger charge is -2.41. The molecule has 6 nitrogen and oxygen atoms in total. The predicted molar refractivity (Wildman–Crippen MR) is 182 cm³/mol. The molecule has 2 heterocycles. The minimum absolute atomic E-state index is 0.0217. The monoisotopic (exact) mass is 620 g/mol. The number of carbonyl (C=O) groups excluding carboxylic acids is 2. The normalized spacial score (nSPS) is 15.8. The van der Waals surface area contributed by atoms with Gasteiger partial charge in [-0.3, -0.25) is 14.5 Å². The van der Waals surface area contributed by atoms with Crippen molar-refractivity contribution >= 4 is 29.1 Å². The molecule has 0 N–H and O–H groups in total. The topological polar surface area (TPSA) is 47.1 Å². The van der Waals surface area contributed by atoms with Gasteiger partial charge in [-0.2, -0.15) is 0 Å². The zero-order valence-corrected chi connectivity index (χ0v) is 26.7. The number of hydrogen-bond donors (Lipinski definition) is 0. The summed E-state index contributed by atoms with van der Waals surface area (Å²) in [5.74, 6) is 0.197. The van der Waals surface area contributed by atoms with Gasteiger partial charge in [0.25, 0.3) is 5.91 Å². The van der Waals surface area contributed by atoms with Crippen LogP contribution in [0, 0.1) is 0 Å². The minimum atomic E-state index is -0.252. The van der Waals surface area contributed by atoms with Gasteiger partial charge >= 0.3 is 0 Å². The zero-order valence-electron chi connectivity index (χ0n) is 25.9. The van der Waals surface area contributed by atoms with Gasteiger partial charge in [-0.05, 0) is 65.8 Å². The van der Waals surface area contributed by atoms with Gasteiger partial charge < -0.3 is 14.7 Å². The van der Waals surface area contributed by atoms with Crippen LogP contribution in [0.3, 0.4) is 0 Å². The van der Waals surface area contributed by atoms with E-state index in [9.17, 15) is 9.59 Å². The first-order chi connectivity index (χ1) is 22.0. The number of benzene rings is 4. The number of piperazine rings is 1. The fraction of sp³-hybridized carbons (Fsp3) is 0.316. The van der Waals surface area contributed by atoms with Crippen molar-refractivity contribution in [2.45, 2.75) is 31.8 Å². The Morgan fingerprint density at radius 2 is 1.42 bits per heavy atom. The molecule has 0 aliphatic carbocycles. The summed E-state index contributed by atoms with van der Waals surface area (Å²) in [4.78, 5) is 36.3. The lowest BCUT2D eigenvalue weighted by atomic mass is 9.95. The molecule has 6 rings (SSSR count). The molecule has 0 saturated carbocycles. The predicted octanol–water partition coefficient (Wildman–Crippen LogP) is 5.97. The Kier molecular flexibility index (Phi) is 9.82. The Morgan fingerprint density at radius 3 is 2.18 bits per heavy atom. The van der Waals surface area contributed by atoms with E-state index in [0.29, 0.717) is 49.7 Å². The number of carbonyl (C=O) groups is 2. The SMILES string of the molecule is CN(CCc1ccccc1)C(=O)c1ccccc1N1CCN(C(=O)[C@@H](Cc2ccc(Cl)cc2)N2CCc3ccccc3C2)CC1. The third-order valence-corrected chi connectivity index (χ3v) is 9.47. The van der Waals surface area contributed by atoms with Gasteiger partial charge in [0.05, 0.1) is 11.6 Å². The molecule has 2 aliphatic rings. The van der Waals surface area contributed by atoms with Crippen LogP contribution in [0.2, 0.25) is 5.02 Å². The fourth-order valence-corrected chi connectivity index (χ4v) is 6.68. The molecular formula is C38H41ClN4O2. The van der Waals surface area contributed by atoms with Crippen LogP contribution >= 0.6 is 11.6 Å². The number of likely N-dealkylation sites (N-methyl/N-ethyl adjacent to an activating group) is 1. The van der Waals surface area contributed by atoms with Gasteiger partial charge in [0.15, 0.2) is 0 Å². The van der Waals surface area contributed by atoms with Crippen LogP contribution in [-0.2, 0) is 30.6 Å². The summed E-state index contributed by atoms with van der Waals surface area (Å²) in [5.41, 5.74) is 6.65. The van der Waals surface area contributed by atoms with Crippen LogP contribution in [0.4, 0.5) is 5.69 Å². The van der Waals surface area contributed by atoms with E-state index in [1.807, 2.05) is 83.6 Å². The van der Waals surface area contributed by atoms with Crippen molar-refractivity contribution in [2.75, 3.05) is 51.2 Å². The van der Waals surface area contributed by atoms with Crippen LogP contribution < -0.4 is 4.90 Å². The minimum Gasteiger partial charge on any atom is -0.367 e. The van der Waals surface area contributed by atoms with Gasteiger partial charge in [0.1, 0.15) is 0 Å². The maximum Gasteiger partial charge on any atom is 0.255 e. The molecule has 1 fully saturated rings. The molecule has 232 valence electrons. The van der Waals surface area contributed by atoms with Gasteiger partial charge in [-0.1, -0.05) is 90.5 Å². The van der Waals surface area contributed by atoms with Crippen molar-refractivity contribution in [1.82, 2.24) is 14.7 Å². The van der Waals surface area contributed by atoms with E-state index in [4.69, 9.17) is 11.6 Å². The van der Waals surface area contributed by atoms with E-state index in [-0.39, 0.29) is 17.9 Å². The molecule has 4 aromatic carbocycles. The van der Waals surface area contributed by atoms with Crippen LogP contribution in [-0.4, -0.2) is 78.9 Å². The third kappa shape index (κ3) is 7.41. The second-order valence-electron chi connectivity index (χ2n) is 12.1. The Balaban J connectivity index is 1.13. The molecule has 7 heteroatoms. The van der Waals surface area contributed by atoms with Crippen molar-refractivity contribution in [1.29, 1.82) is 0 Å². The van der Waals surface area contributed by atoms with E-state index >= 15 is 0 Å². The number of halogens is 1. The number of para-hydroxylation sites is 1. The van der Waals surface area contributed by atoms with Gasteiger partial charge in [-0.25, -0.2) is 0 Å². The fourth-order valence-electron chi connectivity index (χ4n) is 6.56. The van der Waals surface area contributed by atoms with Crippen molar-refractivity contribution in [3.63, 3.8) is 0 Å². The second kappa shape index (κ2) is 14.3. The molecule has 0 radical (unpaired) electrons. The molecule has 0 bridgehead atoms. The lowest BCUT2D eigenvalue weighted by molar-refractivity contribution is -0.137.